The lowest BCUT2D eigenvalue weighted by Gasteiger charge is -2.38. The van der Waals surface area contributed by atoms with E-state index in [9.17, 15) is 9.18 Å². The molecule has 0 unspecified atom stereocenters. The molecule has 7 heteroatoms. The predicted octanol–water partition coefficient (Wildman–Crippen LogP) is 3.53. The van der Waals surface area contributed by atoms with Crippen molar-refractivity contribution < 1.29 is 8.81 Å². The van der Waals surface area contributed by atoms with E-state index >= 15 is 0 Å². The second-order valence-corrected chi connectivity index (χ2v) is 8.16. The van der Waals surface area contributed by atoms with Crippen LogP contribution in [0.4, 0.5) is 10.1 Å². The molecule has 5 heterocycles. The summed E-state index contributed by atoms with van der Waals surface area (Å²) < 4.78 is 21.2. The number of fused-ring (bicyclic) bond motifs is 3. The zero-order valence-electron chi connectivity index (χ0n) is 16.4. The number of aromatic nitrogens is 2. The fraction of sp³-hybridized carbons (Fsp3) is 0.304. The third-order valence-electron chi connectivity index (χ3n) is 6.38. The van der Waals surface area contributed by atoms with E-state index in [0.717, 1.165) is 30.7 Å². The Kier molecular flexibility index (Phi) is 3.92. The lowest BCUT2D eigenvalue weighted by atomic mass is 10.1. The van der Waals surface area contributed by atoms with Crippen LogP contribution in [-0.4, -0.2) is 46.5 Å². The van der Waals surface area contributed by atoms with Crippen LogP contribution in [-0.2, 0) is 0 Å². The number of anilines is 1. The Morgan fingerprint density at radius 2 is 2.07 bits per heavy atom. The van der Waals surface area contributed by atoms with E-state index in [0.29, 0.717) is 22.9 Å². The predicted molar refractivity (Wildman–Crippen MR) is 113 cm³/mol. The van der Waals surface area contributed by atoms with Gasteiger partial charge in [-0.15, -0.1) is 0 Å². The highest BCUT2D eigenvalue weighted by Gasteiger charge is 2.30. The van der Waals surface area contributed by atoms with Crippen molar-refractivity contribution in [3.8, 4) is 11.3 Å². The number of benzene rings is 1. The third kappa shape index (κ3) is 2.81. The minimum Gasteiger partial charge on any atom is -0.422 e. The number of nitrogens with zero attached hydrogens (tertiary/aromatic N) is 4. The maximum atomic E-state index is 14.0. The van der Waals surface area contributed by atoms with Gasteiger partial charge in [0.05, 0.1) is 11.3 Å². The van der Waals surface area contributed by atoms with Crippen LogP contribution in [0.25, 0.3) is 27.9 Å². The highest BCUT2D eigenvalue weighted by molar-refractivity contribution is 5.84. The van der Waals surface area contributed by atoms with Crippen LogP contribution in [0.2, 0.25) is 0 Å². The Bertz CT molecular complexity index is 1330. The molecule has 0 N–H and O–H groups in total. The molecule has 2 fully saturated rings. The van der Waals surface area contributed by atoms with Crippen LogP contribution in [0.3, 0.4) is 0 Å². The number of halogens is 1. The van der Waals surface area contributed by atoms with Gasteiger partial charge in [-0.1, -0.05) is 0 Å². The lowest BCUT2D eigenvalue weighted by molar-refractivity contribution is 0.231. The molecule has 0 bridgehead atoms. The van der Waals surface area contributed by atoms with E-state index in [1.165, 1.54) is 25.5 Å². The van der Waals surface area contributed by atoms with Crippen molar-refractivity contribution in [3.63, 3.8) is 0 Å². The van der Waals surface area contributed by atoms with Crippen LogP contribution in [0.5, 0.6) is 0 Å². The number of imidazole rings is 1. The summed E-state index contributed by atoms with van der Waals surface area (Å²) in [4.78, 5) is 21.9. The van der Waals surface area contributed by atoms with Crippen LogP contribution in [0.1, 0.15) is 12.8 Å². The van der Waals surface area contributed by atoms with Crippen molar-refractivity contribution in [2.45, 2.75) is 18.9 Å². The summed E-state index contributed by atoms with van der Waals surface area (Å²) in [6.45, 7) is 4.29. The zero-order chi connectivity index (χ0) is 20.2. The molecule has 2 aliphatic heterocycles. The first-order valence-electron chi connectivity index (χ1n) is 10.4. The normalized spacial score (nSPS) is 19.6. The highest BCUT2D eigenvalue weighted by atomic mass is 19.1. The first kappa shape index (κ1) is 17.7. The molecule has 3 aromatic heterocycles. The minimum absolute atomic E-state index is 0.188. The SMILES string of the molecule is O=c1oc2cc(N3CCN4CCC[C@@H]4C3)ccc2cc1-c1cn2cccc(F)c2n1. The van der Waals surface area contributed by atoms with Crippen LogP contribution < -0.4 is 10.5 Å². The molecular formula is C23H21FN4O2. The molecule has 0 saturated carbocycles. The summed E-state index contributed by atoms with van der Waals surface area (Å²) in [5.41, 5.74) is 2.09. The smallest absolute Gasteiger partial charge is 0.345 e. The summed E-state index contributed by atoms with van der Waals surface area (Å²) >= 11 is 0. The Morgan fingerprint density at radius 3 is 2.97 bits per heavy atom. The standard InChI is InChI=1S/C23H21FN4O2/c24-19-4-2-8-28-14-20(25-22(19)28)18-11-15-5-6-16(12-21(15)30-23(18)29)27-10-9-26-7-1-3-17(26)13-27/h2,4-6,8,11-12,14,17H,1,3,7,9-10,13H2/t17-/m1/s1. The fourth-order valence-corrected chi connectivity index (χ4v) is 4.81. The topological polar surface area (TPSA) is 54.0 Å². The van der Waals surface area contributed by atoms with Gasteiger partial charge in [-0.05, 0) is 49.7 Å². The van der Waals surface area contributed by atoms with E-state index in [1.807, 2.05) is 12.1 Å². The molecule has 6 nitrogen and oxygen atoms in total. The molecule has 1 atom stereocenters. The third-order valence-corrected chi connectivity index (χ3v) is 6.38. The van der Waals surface area contributed by atoms with E-state index < -0.39 is 11.4 Å². The summed E-state index contributed by atoms with van der Waals surface area (Å²) in [6, 6.07) is 11.4. The average Bonchev–Trinajstić information content (AvgIpc) is 3.40. The van der Waals surface area contributed by atoms with Gasteiger partial charge in [-0.3, -0.25) is 4.90 Å². The molecule has 1 aromatic carbocycles. The van der Waals surface area contributed by atoms with Gasteiger partial charge in [0.15, 0.2) is 11.5 Å². The number of pyridine rings is 1. The molecule has 152 valence electrons. The van der Waals surface area contributed by atoms with Crippen molar-refractivity contribution in [2.24, 2.45) is 0 Å². The van der Waals surface area contributed by atoms with Crippen LogP contribution in [0.15, 0.2) is 58.0 Å². The second kappa shape index (κ2) is 6.67. The van der Waals surface area contributed by atoms with Crippen molar-refractivity contribution in [1.29, 1.82) is 0 Å². The van der Waals surface area contributed by atoms with Crippen molar-refractivity contribution in [2.75, 3.05) is 31.1 Å². The number of hydrogen-bond acceptors (Lipinski definition) is 5. The molecule has 0 amide bonds. The molecule has 2 aliphatic rings. The number of rotatable bonds is 2. The zero-order valence-corrected chi connectivity index (χ0v) is 16.4. The quantitative estimate of drug-likeness (QED) is 0.479. The van der Waals surface area contributed by atoms with Gasteiger partial charge in [0.25, 0.3) is 0 Å². The maximum absolute atomic E-state index is 14.0. The van der Waals surface area contributed by atoms with Crippen LogP contribution in [0, 0.1) is 5.82 Å². The van der Waals surface area contributed by atoms with Gasteiger partial charge in [0.2, 0.25) is 0 Å². The van der Waals surface area contributed by atoms with Crippen molar-refractivity contribution in [1.82, 2.24) is 14.3 Å². The Morgan fingerprint density at radius 1 is 1.13 bits per heavy atom. The Balaban J connectivity index is 1.37. The Labute approximate surface area is 172 Å². The van der Waals surface area contributed by atoms with E-state index in [1.54, 1.807) is 28.9 Å². The van der Waals surface area contributed by atoms with E-state index in [4.69, 9.17) is 4.42 Å². The summed E-state index contributed by atoms with van der Waals surface area (Å²) in [5, 5.41) is 0.824. The second-order valence-electron chi connectivity index (χ2n) is 8.16. The van der Waals surface area contributed by atoms with Gasteiger partial charge in [0, 0.05) is 55.2 Å². The van der Waals surface area contributed by atoms with Gasteiger partial charge < -0.3 is 13.7 Å². The lowest BCUT2D eigenvalue weighted by Crippen LogP contribution is -2.50. The highest BCUT2D eigenvalue weighted by Crippen LogP contribution is 2.29. The monoisotopic (exact) mass is 404 g/mol. The van der Waals surface area contributed by atoms with Gasteiger partial charge in [-0.2, -0.15) is 0 Å². The van der Waals surface area contributed by atoms with Crippen LogP contribution >= 0.6 is 0 Å². The molecule has 2 saturated heterocycles. The summed E-state index contributed by atoms with van der Waals surface area (Å²) in [6.07, 6.45) is 5.88. The van der Waals surface area contributed by atoms with Crippen molar-refractivity contribution >= 4 is 22.3 Å². The Hall–Kier alpha value is -3.19. The molecular weight excluding hydrogens is 383 g/mol. The van der Waals surface area contributed by atoms with E-state index in [2.05, 4.69) is 20.9 Å². The largest absolute Gasteiger partial charge is 0.422 e. The van der Waals surface area contributed by atoms with Gasteiger partial charge in [0.1, 0.15) is 5.58 Å². The first-order chi connectivity index (χ1) is 14.7. The minimum atomic E-state index is -0.468. The van der Waals surface area contributed by atoms with E-state index in [-0.39, 0.29) is 5.65 Å². The fourth-order valence-electron chi connectivity index (χ4n) is 4.81. The molecule has 30 heavy (non-hydrogen) atoms. The first-order valence-corrected chi connectivity index (χ1v) is 10.4. The molecule has 0 aliphatic carbocycles. The maximum Gasteiger partial charge on any atom is 0.345 e. The average molecular weight is 404 g/mol. The van der Waals surface area contributed by atoms with Gasteiger partial charge >= 0.3 is 5.63 Å². The number of hydrogen-bond donors (Lipinski definition) is 0. The summed E-state index contributed by atoms with van der Waals surface area (Å²) in [7, 11) is 0. The molecule has 4 aromatic rings. The molecule has 0 spiro atoms. The molecule has 6 rings (SSSR count). The number of piperazine rings is 1. The van der Waals surface area contributed by atoms with Crippen molar-refractivity contribution in [3.05, 3.63) is 65.0 Å². The summed E-state index contributed by atoms with van der Waals surface area (Å²) in [5.74, 6) is -0.430. The molecule has 0 radical (unpaired) electrons. The van der Waals surface area contributed by atoms with Gasteiger partial charge in [-0.25, -0.2) is 14.2 Å².